The standard InChI is InChI=1S/C21H24N2O4/c22-20(24)18(23-21(25)19-10-5-11-26-19)13-16-8-4-9-17(12-16)27-14-15-6-2-1-3-7-15/h1-4,6-9,12,18-19H,5,10-11,13-14H2,(H2,22,24)(H,23,25)/t18-,19-/m1/s1. The van der Waals surface area contributed by atoms with Crippen LogP contribution in [0.4, 0.5) is 0 Å². The topological polar surface area (TPSA) is 90.7 Å². The second-order valence-corrected chi connectivity index (χ2v) is 6.59. The van der Waals surface area contributed by atoms with Crippen LogP contribution in [0.3, 0.4) is 0 Å². The van der Waals surface area contributed by atoms with Gasteiger partial charge >= 0.3 is 0 Å². The molecule has 2 atom stereocenters. The normalized spacial score (nSPS) is 17.3. The maximum Gasteiger partial charge on any atom is 0.249 e. The van der Waals surface area contributed by atoms with Gasteiger partial charge in [0, 0.05) is 13.0 Å². The number of rotatable bonds is 8. The smallest absolute Gasteiger partial charge is 0.249 e. The summed E-state index contributed by atoms with van der Waals surface area (Å²) in [4.78, 5) is 24.0. The van der Waals surface area contributed by atoms with Crippen LogP contribution in [0.15, 0.2) is 54.6 Å². The Labute approximate surface area is 158 Å². The Bertz CT molecular complexity index is 773. The molecule has 0 bridgehead atoms. The molecule has 2 aromatic carbocycles. The number of hydrogen-bond donors (Lipinski definition) is 2. The highest BCUT2D eigenvalue weighted by molar-refractivity contribution is 5.88. The van der Waals surface area contributed by atoms with E-state index in [1.165, 1.54) is 0 Å². The van der Waals surface area contributed by atoms with Crippen LogP contribution < -0.4 is 15.8 Å². The summed E-state index contributed by atoms with van der Waals surface area (Å²) in [6.07, 6.45) is 1.32. The van der Waals surface area contributed by atoms with Crippen molar-refractivity contribution in [2.24, 2.45) is 5.73 Å². The lowest BCUT2D eigenvalue weighted by Crippen LogP contribution is -2.49. The number of carbonyl (C=O) groups excluding carboxylic acids is 2. The first-order valence-electron chi connectivity index (χ1n) is 9.09. The Morgan fingerprint density at radius 3 is 2.63 bits per heavy atom. The van der Waals surface area contributed by atoms with Crippen molar-refractivity contribution in [1.82, 2.24) is 5.32 Å². The summed E-state index contributed by atoms with van der Waals surface area (Å²) in [6.45, 7) is 1.03. The highest BCUT2D eigenvalue weighted by Crippen LogP contribution is 2.17. The SMILES string of the molecule is NC(=O)[C@@H](Cc1cccc(OCc2ccccc2)c1)NC(=O)[C@H]1CCCO1. The summed E-state index contributed by atoms with van der Waals surface area (Å²) < 4.78 is 11.2. The van der Waals surface area contributed by atoms with Crippen LogP contribution in [0.5, 0.6) is 5.75 Å². The minimum absolute atomic E-state index is 0.284. The fourth-order valence-corrected chi connectivity index (χ4v) is 3.01. The molecule has 0 spiro atoms. The zero-order valence-electron chi connectivity index (χ0n) is 15.1. The predicted octanol–water partition coefficient (Wildman–Crippen LogP) is 1.96. The van der Waals surface area contributed by atoms with Gasteiger partial charge in [-0.3, -0.25) is 9.59 Å². The van der Waals surface area contributed by atoms with Gasteiger partial charge in [0.25, 0.3) is 0 Å². The van der Waals surface area contributed by atoms with E-state index in [1.807, 2.05) is 54.6 Å². The third-order valence-corrected chi connectivity index (χ3v) is 4.47. The van der Waals surface area contributed by atoms with Gasteiger partial charge in [-0.2, -0.15) is 0 Å². The van der Waals surface area contributed by atoms with Gasteiger partial charge in [-0.15, -0.1) is 0 Å². The van der Waals surface area contributed by atoms with E-state index in [-0.39, 0.29) is 5.91 Å². The Kier molecular flexibility index (Phi) is 6.44. The summed E-state index contributed by atoms with van der Waals surface area (Å²) in [5, 5.41) is 2.70. The van der Waals surface area contributed by atoms with Gasteiger partial charge in [-0.1, -0.05) is 42.5 Å². The first-order chi connectivity index (χ1) is 13.1. The molecule has 142 valence electrons. The van der Waals surface area contributed by atoms with E-state index in [1.54, 1.807) is 0 Å². The van der Waals surface area contributed by atoms with Gasteiger partial charge in [0.1, 0.15) is 24.5 Å². The number of amides is 2. The number of nitrogens with two attached hydrogens (primary N) is 1. The lowest BCUT2D eigenvalue weighted by Gasteiger charge is -2.18. The van der Waals surface area contributed by atoms with E-state index in [4.69, 9.17) is 15.2 Å². The van der Waals surface area contributed by atoms with Crippen LogP contribution in [0.2, 0.25) is 0 Å². The third-order valence-electron chi connectivity index (χ3n) is 4.47. The summed E-state index contributed by atoms with van der Waals surface area (Å²) in [6, 6.07) is 16.5. The second kappa shape index (κ2) is 9.19. The van der Waals surface area contributed by atoms with Gasteiger partial charge in [0.05, 0.1) is 0 Å². The molecule has 1 saturated heterocycles. The molecule has 2 aromatic rings. The van der Waals surface area contributed by atoms with Crippen molar-refractivity contribution in [2.45, 2.75) is 38.0 Å². The largest absolute Gasteiger partial charge is 0.489 e. The van der Waals surface area contributed by atoms with Gasteiger partial charge in [-0.25, -0.2) is 0 Å². The molecular weight excluding hydrogens is 344 g/mol. The molecule has 1 heterocycles. The number of hydrogen-bond acceptors (Lipinski definition) is 4. The molecule has 0 radical (unpaired) electrons. The Balaban J connectivity index is 1.60. The van der Waals surface area contributed by atoms with Crippen molar-refractivity contribution in [3.8, 4) is 5.75 Å². The van der Waals surface area contributed by atoms with Gasteiger partial charge in [0.15, 0.2) is 0 Å². The molecule has 3 rings (SSSR count). The van der Waals surface area contributed by atoms with Crippen LogP contribution in [0.25, 0.3) is 0 Å². The average molecular weight is 368 g/mol. The van der Waals surface area contributed by atoms with Crippen LogP contribution in [-0.2, 0) is 27.4 Å². The molecule has 1 aliphatic heterocycles. The molecule has 1 aliphatic rings. The Morgan fingerprint density at radius 2 is 1.93 bits per heavy atom. The van der Waals surface area contributed by atoms with Crippen molar-refractivity contribution >= 4 is 11.8 Å². The molecule has 1 fully saturated rings. The lowest BCUT2D eigenvalue weighted by atomic mass is 10.0. The zero-order valence-corrected chi connectivity index (χ0v) is 15.1. The van der Waals surface area contributed by atoms with Crippen LogP contribution >= 0.6 is 0 Å². The molecule has 0 aromatic heterocycles. The predicted molar refractivity (Wildman–Crippen MR) is 101 cm³/mol. The van der Waals surface area contributed by atoms with Crippen molar-refractivity contribution < 1.29 is 19.1 Å². The first kappa shape index (κ1) is 18.9. The highest BCUT2D eigenvalue weighted by atomic mass is 16.5. The summed E-state index contributed by atoms with van der Waals surface area (Å²) in [5.74, 6) is -0.158. The van der Waals surface area contributed by atoms with E-state index < -0.39 is 18.1 Å². The monoisotopic (exact) mass is 368 g/mol. The Morgan fingerprint density at radius 1 is 1.15 bits per heavy atom. The first-order valence-corrected chi connectivity index (χ1v) is 9.09. The van der Waals surface area contributed by atoms with E-state index in [2.05, 4.69) is 5.32 Å². The number of primary amides is 1. The van der Waals surface area contributed by atoms with Crippen LogP contribution in [0, 0.1) is 0 Å². The number of nitrogens with one attached hydrogen (secondary N) is 1. The third kappa shape index (κ3) is 5.56. The summed E-state index contributed by atoms with van der Waals surface area (Å²) in [7, 11) is 0. The lowest BCUT2D eigenvalue weighted by molar-refractivity contribution is -0.133. The molecule has 0 unspecified atom stereocenters. The van der Waals surface area contributed by atoms with E-state index >= 15 is 0 Å². The van der Waals surface area contributed by atoms with Crippen LogP contribution in [-0.4, -0.2) is 30.6 Å². The second-order valence-electron chi connectivity index (χ2n) is 6.59. The van der Waals surface area contributed by atoms with Gasteiger partial charge in [-0.05, 0) is 36.1 Å². The number of benzene rings is 2. The molecule has 0 saturated carbocycles. The zero-order chi connectivity index (χ0) is 19.1. The molecule has 27 heavy (non-hydrogen) atoms. The molecule has 0 aliphatic carbocycles. The number of carbonyl (C=O) groups is 2. The maximum absolute atomic E-state index is 12.2. The minimum Gasteiger partial charge on any atom is -0.489 e. The van der Waals surface area contributed by atoms with E-state index in [0.29, 0.717) is 31.8 Å². The average Bonchev–Trinajstić information content (AvgIpc) is 3.22. The highest BCUT2D eigenvalue weighted by Gasteiger charge is 2.27. The minimum atomic E-state index is -0.786. The van der Waals surface area contributed by atoms with Gasteiger partial charge < -0.3 is 20.5 Å². The molecular formula is C21H24N2O4. The van der Waals surface area contributed by atoms with Crippen LogP contribution in [0.1, 0.15) is 24.0 Å². The van der Waals surface area contributed by atoms with Crippen molar-refractivity contribution in [1.29, 1.82) is 0 Å². The van der Waals surface area contributed by atoms with E-state index in [0.717, 1.165) is 17.5 Å². The van der Waals surface area contributed by atoms with Crippen molar-refractivity contribution in [3.63, 3.8) is 0 Å². The summed E-state index contributed by atoms with van der Waals surface area (Å²) in [5.41, 5.74) is 7.41. The summed E-state index contributed by atoms with van der Waals surface area (Å²) >= 11 is 0. The Hall–Kier alpha value is -2.86. The molecule has 6 nitrogen and oxygen atoms in total. The number of ether oxygens (including phenoxy) is 2. The quantitative estimate of drug-likeness (QED) is 0.745. The van der Waals surface area contributed by atoms with Crippen molar-refractivity contribution in [2.75, 3.05) is 6.61 Å². The maximum atomic E-state index is 12.2. The van der Waals surface area contributed by atoms with E-state index in [9.17, 15) is 9.59 Å². The van der Waals surface area contributed by atoms with Crippen molar-refractivity contribution in [3.05, 3.63) is 65.7 Å². The molecule has 3 N–H and O–H groups in total. The van der Waals surface area contributed by atoms with Gasteiger partial charge in [0.2, 0.25) is 11.8 Å². The fourth-order valence-electron chi connectivity index (χ4n) is 3.01. The molecule has 2 amide bonds. The fraction of sp³-hybridized carbons (Fsp3) is 0.333. The molecule has 6 heteroatoms.